The SMILES string of the molecule is CCN(C(=O)CS(C)(=O)=O)C1CCCCC1CN. The Kier molecular flexibility index (Phi) is 5.59. The van der Waals surface area contributed by atoms with Crippen molar-refractivity contribution in [2.24, 2.45) is 11.7 Å². The first-order chi connectivity index (χ1) is 8.39. The van der Waals surface area contributed by atoms with Gasteiger partial charge in [0.1, 0.15) is 5.75 Å². The summed E-state index contributed by atoms with van der Waals surface area (Å²) in [5.41, 5.74) is 5.76. The van der Waals surface area contributed by atoms with Crippen molar-refractivity contribution in [3.8, 4) is 0 Å². The van der Waals surface area contributed by atoms with Gasteiger partial charge in [-0.25, -0.2) is 8.42 Å². The third kappa shape index (κ3) is 4.24. The summed E-state index contributed by atoms with van der Waals surface area (Å²) in [4.78, 5) is 13.8. The van der Waals surface area contributed by atoms with Crippen LogP contribution < -0.4 is 5.73 Å². The molecule has 6 heteroatoms. The normalized spacial score (nSPS) is 24.8. The molecule has 0 bridgehead atoms. The molecule has 1 fully saturated rings. The van der Waals surface area contributed by atoms with Crippen LogP contribution in [0.1, 0.15) is 32.6 Å². The van der Waals surface area contributed by atoms with Gasteiger partial charge in [-0.15, -0.1) is 0 Å². The first-order valence-electron chi connectivity index (χ1n) is 6.56. The number of carbonyl (C=O) groups is 1. The molecule has 2 unspecified atom stereocenters. The Morgan fingerprint density at radius 1 is 1.33 bits per heavy atom. The molecule has 106 valence electrons. The number of carbonyl (C=O) groups excluding carboxylic acids is 1. The number of amides is 1. The Morgan fingerprint density at radius 3 is 2.44 bits per heavy atom. The second-order valence-corrected chi connectivity index (χ2v) is 7.24. The molecule has 1 aliphatic carbocycles. The lowest BCUT2D eigenvalue weighted by Gasteiger charge is -2.39. The van der Waals surface area contributed by atoms with Crippen LogP contribution in [0.3, 0.4) is 0 Å². The van der Waals surface area contributed by atoms with Crippen molar-refractivity contribution < 1.29 is 13.2 Å². The molecule has 0 radical (unpaired) electrons. The summed E-state index contributed by atoms with van der Waals surface area (Å²) >= 11 is 0. The van der Waals surface area contributed by atoms with Crippen molar-refractivity contribution in [1.29, 1.82) is 0 Å². The third-order valence-electron chi connectivity index (χ3n) is 3.62. The Morgan fingerprint density at radius 2 is 1.94 bits per heavy atom. The Balaban J connectivity index is 2.77. The molecule has 0 saturated heterocycles. The highest BCUT2D eigenvalue weighted by Crippen LogP contribution is 2.28. The molecule has 18 heavy (non-hydrogen) atoms. The van der Waals surface area contributed by atoms with Gasteiger partial charge >= 0.3 is 0 Å². The van der Waals surface area contributed by atoms with Gasteiger partial charge < -0.3 is 10.6 Å². The number of nitrogens with zero attached hydrogens (tertiary/aromatic N) is 1. The summed E-state index contributed by atoms with van der Waals surface area (Å²) in [6.07, 6.45) is 5.30. The minimum Gasteiger partial charge on any atom is -0.339 e. The van der Waals surface area contributed by atoms with Crippen molar-refractivity contribution in [1.82, 2.24) is 4.90 Å². The summed E-state index contributed by atoms with van der Waals surface area (Å²) < 4.78 is 22.4. The number of sulfone groups is 1. The standard InChI is InChI=1S/C12H24N2O3S/c1-3-14(12(15)9-18(2,16)17)11-7-5-4-6-10(11)8-13/h10-11H,3-9,13H2,1-2H3. The lowest BCUT2D eigenvalue weighted by molar-refractivity contribution is -0.132. The average Bonchev–Trinajstić information content (AvgIpc) is 2.28. The van der Waals surface area contributed by atoms with Crippen molar-refractivity contribution in [3.63, 3.8) is 0 Å². The molecule has 2 atom stereocenters. The highest BCUT2D eigenvalue weighted by atomic mass is 32.2. The lowest BCUT2D eigenvalue weighted by Crippen LogP contribution is -2.49. The molecule has 5 nitrogen and oxygen atoms in total. The number of hydrogen-bond acceptors (Lipinski definition) is 4. The predicted molar refractivity (Wildman–Crippen MR) is 71.9 cm³/mol. The van der Waals surface area contributed by atoms with Crippen LogP contribution in [0, 0.1) is 5.92 Å². The fourth-order valence-corrected chi connectivity index (χ4v) is 3.39. The molecular formula is C12H24N2O3S. The summed E-state index contributed by atoms with van der Waals surface area (Å²) in [7, 11) is -3.26. The van der Waals surface area contributed by atoms with E-state index in [0.29, 0.717) is 19.0 Å². The molecule has 0 aromatic carbocycles. The van der Waals surface area contributed by atoms with Crippen LogP contribution >= 0.6 is 0 Å². The molecular weight excluding hydrogens is 252 g/mol. The summed E-state index contributed by atoms with van der Waals surface area (Å²) in [5.74, 6) is -0.373. The molecule has 1 rings (SSSR count). The first-order valence-corrected chi connectivity index (χ1v) is 8.62. The van der Waals surface area contributed by atoms with Gasteiger partial charge in [-0.1, -0.05) is 12.8 Å². The van der Waals surface area contributed by atoms with E-state index in [4.69, 9.17) is 5.73 Å². The van der Waals surface area contributed by atoms with E-state index in [2.05, 4.69) is 0 Å². The van der Waals surface area contributed by atoms with Crippen molar-refractivity contribution >= 4 is 15.7 Å². The summed E-state index contributed by atoms with van der Waals surface area (Å²) in [6.45, 7) is 3.01. The number of hydrogen-bond donors (Lipinski definition) is 1. The Labute approximate surface area is 110 Å². The molecule has 0 spiro atoms. The van der Waals surface area contributed by atoms with Gasteiger partial charge in [-0.3, -0.25) is 4.79 Å². The highest BCUT2D eigenvalue weighted by Gasteiger charge is 2.32. The van der Waals surface area contributed by atoms with Gasteiger partial charge in [-0.2, -0.15) is 0 Å². The van der Waals surface area contributed by atoms with Crippen LogP contribution in [0.5, 0.6) is 0 Å². The van der Waals surface area contributed by atoms with Crippen LogP contribution in [0.25, 0.3) is 0 Å². The lowest BCUT2D eigenvalue weighted by atomic mass is 9.83. The Bertz CT molecular complexity index is 381. The highest BCUT2D eigenvalue weighted by molar-refractivity contribution is 7.91. The van der Waals surface area contributed by atoms with Crippen LogP contribution in [-0.4, -0.2) is 50.4 Å². The van der Waals surface area contributed by atoms with Gasteiger partial charge in [0.05, 0.1) is 0 Å². The number of rotatable bonds is 5. The average molecular weight is 276 g/mol. The largest absolute Gasteiger partial charge is 0.339 e. The molecule has 1 amide bonds. The first kappa shape index (κ1) is 15.4. The molecule has 1 saturated carbocycles. The second kappa shape index (κ2) is 6.52. The van der Waals surface area contributed by atoms with E-state index in [1.165, 1.54) is 0 Å². The molecule has 0 heterocycles. The minimum absolute atomic E-state index is 0.114. The fourth-order valence-electron chi connectivity index (χ4n) is 2.78. The Hall–Kier alpha value is -0.620. The van der Waals surface area contributed by atoms with Crippen LogP contribution in [-0.2, 0) is 14.6 Å². The quantitative estimate of drug-likeness (QED) is 0.788. The summed E-state index contributed by atoms with van der Waals surface area (Å²) in [5, 5.41) is 0. The maximum Gasteiger partial charge on any atom is 0.238 e. The smallest absolute Gasteiger partial charge is 0.238 e. The van der Waals surface area contributed by atoms with Crippen molar-refractivity contribution in [2.75, 3.05) is 25.1 Å². The van der Waals surface area contributed by atoms with E-state index in [1.54, 1.807) is 4.90 Å². The second-order valence-electron chi connectivity index (χ2n) is 5.10. The van der Waals surface area contributed by atoms with E-state index < -0.39 is 15.6 Å². The fraction of sp³-hybridized carbons (Fsp3) is 0.917. The third-order valence-corrected chi connectivity index (χ3v) is 4.39. The van der Waals surface area contributed by atoms with Gasteiger partial charge in [0.2, 0.25) is 5.91 Å². The zero-order valence-corrected chi connectivity index (χ0v) is 12.1. The summed E-state index contributed by atoms with van der Waals surface area (Å²) in [6, 6.07) is 0.114. The molecule has 0 aromatic rings. The van der Waals surface area contributed by atoms with Gasteiger partial charge in [0, 0.05) is 18.8 Å². The van der Waals surface area contributed by atoms with Crippen molar-refractivity contribution in [3.05, 3.63) is 0 Å². The van der Waals surface area contributed by atoms with E-state index in [1.807, 2.05) is 6.92 Å². The molecule has 1 aliphatic rings. The van der Waals surface area contributed by atoms with E-state index >= 15 is 0 Å². The van der Waals surface area contributed by atoms with Crippen molar-refractivity contribution in [2.45, 2.75) is 38.6 Å². The van der Waals surface area contributed by atoms with Gasteiger partial charge in [0.25, 0.3) is 0 Å². The molecule has 0 aromatic heterocycles. The number of nitrogens with two attached hydrogens (primary N) is 1. The molecule has 0 aliphatic heterocycles. The monoisotopic (exact) mass is 276 g/mol. The van der Waals surface area contributed by atoms with E-state index in [0.717, 1.165) is 31.9 Å². The van der Waals surface area contributed by atoms with E-state index in [9.17, 15) is 13.2 Å². The van der Waals surface area contributed by atoms with Crippen LogP contribution in [0.4, 0.5) is 0 Å². The van der Waals surface area contributed by atoms with E-state index in [-0.39, 0.29) is 11.9 Å². The maximum atomic E-state index is 12.1. The van der Waals surface area contributed by atoms with Gasteiger partial charge in [0.15, 0.2) is 9.84 Å². The van der Waals surface area contributed by atoms with Crippen LogP contribution in [0.2, 0.25) is 0 Å². The zero-order valence-electron chi connectivity index (χ0n) is 11.3. The van der Waals surface area contributed by atoms with Crippen LogP contribution in [0.15, 0.2) is 0 Å². The molecule has 2 N–H and O–H groups in total. The topological polar surface area (TPSA) is 80.5 Å². The minimum atomic E-state index is -3.26. The predicted octanol–water partition coefficient (Wildman–Crippen LogP) is 0.397. The van der Waals surface area contributed by atoms with Gasteiger partial charge in [-0.05, 0) is 32.2 Å². The maximum absolute atomic E-state index is 12.1. The zero-order chi connectivity index (χ0) is 13.8.